The monoisotopic (exact) mass is 639 g/mol. The van der Waals surface area contributed by atoms with Gasteiger partial charge in [0.05, 0.1) is 45.2 Å². The van der Waals surface area contributed by atoms with E-state index >= 15 is 0 Å². The number of fused-ring (bicyclic) bond motifs is 3. The molecule has 0 unspecified atom stereocenters. The van der Waals surface area contributed by atoms with Crippen molar-refractivity contribution in [1.82, 2.24) is 24.9 Å². The highest BCUT2D eigenvalue weighted by atomic mass is 14.8. The third-order valence-corrected chi connectivity index (χ3v) is 8.99. The van der Waals surface area contributed by atoms with E-state index in [-0.39, 0.29) is 0 Å². The topological polar surface area (TPSA) is 64.5 Å². The van der Waals surface area contributed by atoms with Gasteiger partial charge >= 0.3 is 0 Å². The molecule has 5 nitrogen and oxygen atoms in total. The molecule has 4 aromatic carbocycles. The van der Waals surface area contributed by atoms with E-state index < -0.39 is 0 Å². The Kier molecular flexibility index (Phi) is 7.41. The molecule has 0 aliphatic rings. The largest absolute Gasteiger partial charge is 0.255 e. The first-order valence-corrected chi connectivity index (χ1v) is 16.6. The molecule has 5 aromatic heterocycles. The van der Waals surface area contributed by atoms with Crippen molar-refractivity contribution in [2.75, 3.05) is 0 Å². The van der Waals surface area contributed by atoms with Gasteiger partial charge in [-0.15, -0.1) is 0 Å². The number of nitrogens with zero attached hydrogens (tertiary/aromatic N) is 5. The summed E-state index contributed by atoms with van der Waals surface area (Å²) >= 11 is 0. The summed E-state index contributed by atoms with van der Waals surface area (Å²) in [5, 5.41) is 2.14. The molecule has 9 aromatic rings. The minimum absolute atomic E-state index is 0.800. The van der Waals surface area contributed by atoms with Crippen LogP contribution >= 0.6 is 0 Å². The van der Waals surface area contributed by atoms with E-state index in [0.717, 1.165) is 89.4 Å². The minimum Gasteiger partial charge on any atom is -0.255 e. The van der Waals surface area contributed by atoms with Gasteiger partial charge in [0.2, 0.25) is 0 Å². The number of hydrogen-bond donors (Lipinski definition) is 0. The van der Waals surface area contributed by atoms with Crippen LogP contribution in [0, 0.1) is 0 Å². The van der Waals surface area contributed by atoms with Gasteiger partial charge in [-0.25, -0.2) is 15.0 Å². The summed E-state index contributed by atoms with van der Waals surface area (Å²) in [4.78, 5) is 24.6. The number of pyridine rings is 5. The second-order valence-corrected chi connectivity index (χ2v) is 12.2. The maximum Gasteiger partial charge on any atom is 0.0972 e. The van der Waals surface area contributed by atoms with Gasteiger partial charge < -0.3 is 0 Å². The summed E-state index contributed by atoms with van der Waals surface area (Å²) in [5.74, 6) is 0. The van der Waals surface area contributed by atoms with Crippen molar-refractivity contribution in [3.05, 3.63) is 176 Å². The zero-order valence-electron chi connectivity index (χ0n) is 27.0. The fourth-order valence-corrected chi connectivity index (χ4v) is 6.35. The van der Waals surface area contributed by atoms with Crippen LogP contribution in [-0.2, 0) is 0 Å². The highest BCUT2D eigenvalue weighted by Crippen LogP contribution is 2.32. The first-order valence-electron chi connectivity index (χ1n) is 16.6. The normalized spacial score (nSPS) is 11.2. The van der Waals surface area contributed by atoms with Crippen molar-refractivity contribution in [2.24, 2.45) is 0 Å². The zero-order chi connectivity index (χ0) is 33.3. The summed E-state index contributed by atoms with van der Waals surface area (Å²) in [7, 11) is 0. The third-order valence-electron chi connectivity index (χ3n) is 8.99. The van der Waals surface area contributed by atoms with Gasteiger partial charge in [0.15, 0.2) is 0 Å². The average molecular weight is 640 g/mol. The summed E-state index contributed by atoms with van der Waals surface area (Å²) < 4.78 is 0. The summed E-state index contributed by atoms with van der Waals surface area (Å²) in [6.45, 7) is 0. The molecule has 0 bridgehead atoms. The van der Waals surface area contributed by atoms with Gasteiger partial charge in [-0.1, -0.05) is 121 Å². The van der Waals surface area contributed by atoms with Gasteiger partial charge in [-0.3, -0.25) is 9.97 Å². The van der Waals surface area contributed by atoms with Crippen molar-refractivity contribution in [3.8, 4) is 67.5 Å². The Hall–Kier alpha value is -6.85. The van der Waals surface area contributed by atoms with E-state index in [1.54, 1.807) is 6.20 Å². The van der Waals surface area contributed by atoms with Crippen LogP contribution in [0.25, 0.3) is 89.4 Å². The smallest absolute Gasteiger partial charge is 0.0972 e. The quantitative estimate of drug-likeness (QED) is 0.169. The zero-order valence-corrected chi connectivity index (χ0v) is 27.0. The fraction of sp³-hybridized carbons (Fsp3) is 0. The minimum atomic E-state index is 0.800. The van der Waals surface area contributed by atoms with Gasteiger partial charge in [-0.2, -0.15) is 0 Å². The molecule has 0 N–H and O–H groups in total. The lowest BCUT2D eigenvalue weighted by molar-refractivity contribution is 1.22. The van der Waals surface area contributed by atoms with E-state index in [4.69, 9.17) is 19.9 Å². The Labute approximate surface area is 289 Å². The Balaban J connectivity index is 1.02. The molecular formula is C45H29N5. The highest BCUT2D eigenvalue weighted by molar-refractivity contribution is 6.04. The van der Waals surface area contributed by atoms with Gasteiger partial charge in [0.25, 0.3) is 0 Å². The molecular weight excluding hydrogens is 611 g/mol. The predicted molar refractivity (Wildman–Crippen MR) is 203 cm³/mol. The summed E-state index contributed by atoms with van der Waals surface area (Å²) in [6.07, 6.45) is 3.71. The molecule has 0 saturated carbocycles. The number of aromatic nitrogens is 5. The fourth-order valence-electron chi connectivity index (χ4n) is 6.35. The molecule has 0 atom stereocenters. The van der Waals surface area contributed by atoms with E-state index in [9.17, 15) is 0 Å². The van der Waals surface area contributed by atoms with Crippen LogP contribution in [0.5, 0.6) is 0 Å². The van der Waals surface area contributed by atoms with Crippen molar-refractivity contribution >= 4 is 21.8 Å². The Morgan fingerprint density at radius 3 is 1.34 bits per heavy atom. The Morgan fingerprint density at radius 1 is 0.280 bits per heavy atom. The van der Waals surface area contributed by atoms with E-state index in [2.05, 4.69) is 108 Å². The van der Waals surface area contributed by atoms with Crippen LogP contribution < -0.4 is 0 Å². The van der Waals surface area contributed by atoms with Crippen molar-refractivity contribution in [2.45, 2.75) is 0 Å². The standard InChI is InChI=1S/C45H29N5/c1-3-9-30(10-4-1)37-27-42(40-13-7-8-26-46-40)48-43(28-37)41-25-22-36(29-47-41)31-14-16-33(17-15-31)39-24-21-35-19-18-34-20-23-38(32-11-5-2-6-12-32)49-44(34)45(35)50-39/h1-29H. The summed E-state index contributed by atoms with van der Waals surface area (Å²) in [5.41, 5.74) is 13.3. The molecule has 234 valence electrons. The Bertz CT molecular complexity index is 2550. The SMILES string of the molecule is c1ccc(-c2cc(-c3ccccn3)nc(-c3ccc(-c4ccc(-c5ccc6ccc7ccc(-c8ccccc8)nc7c6n5)cc4)cn3)c2)cc1. The third kappa shape index (κ3) is 5.67. The van der Waals surface area contributed by atoms with E-state index in [0.29, 0.717) is 0 Å². The van der Waals surface area contributed by atoms with Gasteiger partial charge in [0, 0.05) is 39.9 Å². The maximum absolute atomic E-state index is 5.13. The first kappa shape index (κ1) is 29.3. The molecule has 50 heavy (non-hydrogen) atoms. The molecule has 0 saturated heterocycles. The van der Waals surface area contributed by atoms with Crippen LogP contribution in [0.1, 0.15) is 0 Å². The average Bonchev–Trinajstić information content (AvgIpc) is 3.21. The van der Waals surface area contributed by atoms with Gasteiger partial charge in [-0.05, 0) is 59.2 Å². The lowest BCUT2D eigenvalue weighted by atomic mass is 10.0. The summed E-state index contributed by atoms with van der Waals surface area (Å²) in [6, 6.07) is 55.9. The van der Waals surface area contributed by atoms with Crippen LogP contribution in [0.15, 0.2) is 176 Å². The van der Waals surface area contributed by atoms with Crippen LogP contribution in [-0.4, -0.2) is 24.9 Å². The van der Waals surface area contributed by atoms with Crippen LogP contribution in [0.4, 0.5) is 0 Å². The molecule has 9 rings (SSSR count). The number of hydrogen-bond acceptors (Lipinski definition) is 5. The van der Waals surface area contributed by atoms with Crippen LogP contribution in [0.2, 0.25) is 0 Å². The highest BCUT2D eigenvalue weighted by Gasteiger charge is 2.12. The van der Waals surface area contributed by atoms with Crippen LogP contribution in [0.3, 0.4) is 0 Å². The van der Waals surface area contributed by atoms with Crippen molar-refractivity contribution < 1.29 is 0 Å². The van der Waals surface area contributed by atoms with Crippen molar-refractivity contribution in [1.29, 1.82) is 0 Å². The second kappa shape index (κ2) is 12.6. The lowest BCUT2D eigenvalue weighted by Crippen LogP contribution is -1.94. The lowest BCUT2D eigenvalue weighted by Gasteiger charge is -2.10. The molecule has 0 aliphatic heterocycles. The molecule has 5 heteroatoms. The molecule has 0 amide bonds. The molecule has 0 fully saturated rings. The molecule has 0 radical (unpaired) electrons. The van der Waals surface area contributed by atoms with E-state index in [1.807, 2.05) is 66.9 Å². The van der Waals surface area contributed by atoms with Gasteiger partial charge in [0.1, 0.15) is 0 Å². The number of rotatable bonds is 6. The Morgan fingerprint density at radius 2 is 0.760 bits per heavy atom. The molecule has 5 heterocycles. The number of benzene rings is 4. The maximum atomic E-state index is 5.13. The van der Waals surface area contributed by atoms with E-state index in [1.165, 1.54) is 0 Å². The molecule has 0 aliphatic carbocycles. The van der Waals surface area contributed by atoms with Crippen molar-refractivity contribution in [3.63, 3.8) is 0 Å². The first-order chi connectivity index (χ1) is 24.7. The molecule has 0 spiro atoms. The second-order valence-electron chi connectivity index (χ2n) is 12.2. The predicted octanol–water partition coefficient (Wildman–Crippen LogP) is 11.0.